The minimum Gasteiger partial charge on any atom is -0.496 e. The van der Waals surface area contributed by atoms with E-state index >= 15 is 0 Å². The molecule has 0 aliphatic carbocycles. The van der Waals surface area contributed by atoms with Gasteiger partial charge in [0.15, 0.2) is 5.78 Å². The number of aryl methyl sites for hydroxylation is 1. The molecule has 0 saturated heterocycles. The monoisotopic (exact) mass is 354 g/mol. The number of carbonyl (C=O) groups is 2. The first-order valence-corrected chi connectivity index (χ1v) is 7.53. The predicted octanol–water partition coefficient (Wildman–Crippen LogP) is 3.02. The molecule has 0 aliphatic rings. The second kappa shape index (κ2) is 6.32. The van der Waals surface area contributed by atoms with Gasteiger partial charge in [-0.1, -0.05) is 0 Å². The van der Waals surface area contributed by atoms with Crippen molar-refractivity contribution in [2.75, 3.05) is 7.11 Å². The normalized spacial score (nSPS) is 10.7. The Balaban J connectivity index is 2.17. The van der Waals surface area contributed by atoms with E-state index in [4.69, 9.17) is 9.84 Å². The largest absolute Gasteiger partial charge is 0.496 e. The van der Waals surface area contributed by atoms with Crippen LogP contribution in [-0.4, -0.2) is 33.5 Å². The lowest BCUT2D eigenvalue weighted by Crippen LogP contribution is -2.06. The molecule has 0 amide bonds. The first-order valence-electron chi connectivity index (χ1n) is 7.53. The van der Waals surface area contributed by atoms with Gasteiger partial charge in [0, 0.05) is 41.8 Å². The van der Waals surface area contributed by atoms with Crippen LogP contribution in [-0.2, 0) is 7.05 Å². The van der Waals surface area contributed by atoms with Gasteiger partial charge < -0.3 is 14.4 Å². The molecule has 0 bridgehead atoms. The Morgan fingerprint density at radius 3 is 2.50 bits per heavy atom. The van der Waals surface area contributed by atoms with Crippen LogP contribution in [0.4, 0.5) is 5.69 Å². The van der Waals surface area contributed by atoms with Gasteiger partial charge in [-0.25, -0.2) is 4.79 Å². The molecule has 1 heterocycles. The van der Waals surface area contributed by atoms with Crippen LogP contribution in [0, 0.1) is 10.1 Å². The summed E-state index contributed by atoms with van der Waals surface area (Å²) in [4.78, 5) is 34.6. The van der Waals surface area contributed by atoms with Crippen LogP contribution in [0.1, 0.15) is 26.3 Å². The Bertz CT molecular complexity index is 1070. The summed E-state index contributed by atoms with van der Waals surface area (Å²) in [5.74, 6) is -1.43. The maximum Gasteiger partial charge on any atom is 0.335 e. The lowest BCUT2D eigenvalue weighted by molar-refractivity contribution is -0.384. The molecule has 8 heteroatoms. The third-order valence-electron chi connectivity index (χ3n) is 4.12. The molecule has 8 nitrogen and oxygen atoms in total. The topological polar surface area (TPSA) is 112 Å². The number of hydrogen-bond donors (Lipinski definition) is 1. The van der Waals surface area contributed by atoms with Gasteiger partial charge in [0.05, 0.1) is 23.2 Å². The van der Waals surface area contributed by atoms with E-state index in [2.05, 4.69) is 0 Å². The van der Waals surface area contributed by atoms with Crippen molar-refractivity contribution in [1.29, 1.82) is 0 Å². The average molecular weight is 354 g/mol. The van der Waals surface area contributed by atoms with Gasteiger partial charge in [-0.05, 0) is 24.3 Å². The van der Waals surface area contributed by atoms with Gasteiger partial charge in [0.25, 0.3) is 5.69 Å². The molecule has 0 atom stereocenters. The lowest BCUT2D eigenvalue weighted by Gasteiger charge is -2.08. The fourth-order valence-corrected chi connectivity index (χ4v) is 2.83. The number of non-ortho nitro benzene ring substituents is 1. The second-order valence-corrected chi connectivity index (χ2v) is 5.66. The van der Waals surface area contributed by atoms with Crippen LogP contribution in [0.5, 0.6) is 5.75 Å². The molecule has 3 aromatic rings. The van der Waals surface area contributed by atoms with Crippen molar-refractivity contribution in [2.24, 2.45) is 7.05 Å². The molecule has 0 aliphatic heterocycles. The molecule has 1 aromatic heterocycles. The van der Waals surface area contributed by atoms with Crippen molar-refractivity contribution in [1.82, 2.24) is 4.57 Å². The number of benzene rings is 2. The van der Waals surface area contributed by atoms with Crippen molar-refractivity contribution in [3.63, 3.8) is 0 Å². The molecule has 3 rings (SSSR count). The minimum atomic E-state index is -1.14. The summed E-state index contributed by atoms with van der Waals surface area (Å²) in [5, 5.41) is 20.6. The summed E-state index contributed by atoms with van der Waals surface area (Å²) in [6, 6.07) is 8.25. The Labute approximate surface area is 147 Å². The number of nitro benzene ring substituents is 1. The standard InChI is InChI=1S/C18H14N2O6/c1-19-9-14(13-8-11(20(24)25)4-6-15(13)19)17(21)12-5-3-10(18(22)23)7-16(12)26-2/h3-9H,1-2H3,(H,22,23). The number of fused-ring (bicyclic) bond motifs is 1. The predicted molar refractivity (Wildman–Crippen MR) is 93.0 cm³/mol. The number of hydrogen-bond acceptors (Lipinski definition) is 5. The van der Waals surface area contributed by atoms with Gasteiger partial charge in [-0.3, -0.25) is 14.9 Å². The highest BCUT2D eigenvalue weighted by Gasteiger charge is 2.22. The number of carbonyl (C=O) groups excluding carboxylic acids is 1. The summed E-state index contributed by atoms with van der Waals surface area (Å²) < 4.78 is 6.86. The van der Waals surface area contributed by atoms with Gasteiger partial charge in [-0.15, -0.1) is 0 Å². The molecule has 0 spiro atoms. The van der Waals surface area contributed by atoms with E-state index in [1.54, 1.807) is 23.9 Å². The summed E-state index contributed by atoms with van der Waals surface area (Å²) >= 11 is 0. The number of aromatic carboxylic acids is 1. The number of ketones is 1. The molecule has 0 saturated carbocycles. The molecule has 0 radical (unpaired) electrons. The quantitative estimate of drug-likeness (QED) is 0.428. The SMILES string of the molecule is COc1cc(C(=O)O)ccc1C(=O)c1cn(C)c2ccc([N+](=O)[O-])cc12. The molecular formula is C18H14N2O6. The van der Waals surface area contributed by atoms with Gasteiger partial charge in [-0.2, -0.15) is 0 Å². The summed E-state index contributed by atoms with van der Waals surface area (Å²) in [5.41, 5.74) is 0.988. The van der Waals surface area contributed by atoms with Gasteiger partial charge >= 0.3 is 5.97 Å². The average Bonchev–Trinajstić information content (AvgIpc) is 2.96. The summed E-state index contributed by atoms with van der Waals surface area (Å²) in [7, 11) is 3.07. The fraction of sp³-hybridized carbons (Fsp3) is 0.111. The van der Waals surface area contributed by atoms with Crippen LogP contribution in [0.15, 0.2) is 42.6 Å². The van der Waals surface area contributed by atoms with Crippen molar-refractivity contribution >= 4 is 28.3 Å². The number of carboxylic acids is 1. The zero-order valence-corrected chi connectivity index (χ0v) is 13.9. The Hall–Kier alpha value is -3.68. The van der Waals surface area contributed by atoms with Crippen LogP contribution in [0.3, 0.4) is 0 Å². The van der Waals surface area contributed by atoms with E-state index in [1.807, 2.05) is 0 Å². The Kier molecular flexibility index (Phi) is 4.17. The number of nitrogens with zero attached hydrogens (tertiary/aromatic N) is 2. The molecule has 0 unspecified atom stereocenters. The van der Waals surface area contributed by atoms with Crippen LogP contribution in [0.2, 0.25) is 0 Å². The molecular weight excluding hydrogens is 340 g/mol. The van der Waals surface area contributed by atoms with Gasteiger partial charge in [0.2, 0.25) is 0 Å². The van der Waals surface area contributed by atoms with E-state index in [0.717, 1.165) is 0 Å². The highest BCUT2D eigenvalue weighted by Crippen LogP contribution is 2.30. The maximum absolute atomic E-state index is 13.0. The maximum atomic E-state index is 13.0. The zero-order chi connectivity index (χ0) is 19.0. The van der Waals surface area contributed by atoms with E-state index in [0.29, 0.717) is 10.9 Å². The van der Waals surface area contributed by atoms with E-state index in [9.17, 15) is 19.7 Å². The van der Waals surface area contributed by atoms with E-state index in [1.165, 1.54) is 37.4 Å². The van der Waals surface area contributed by atoms with Crippen molar-refractivity contribution < 1.29 is 24.4 Å². The highest BCUT2D eigenvalue weighted by atomic mass is 16.6. The summed E-state index contributed by atoms with van der Waals surface area (Å²) in [6.45, 7) is 0. The number of rotatable bonds is 5. The van der Waals surface area contributed by atoms with Gasteiger partial charge in [0.1, 0.15) is 5.75 Å². The third kappa shape index (κ3) is 2.77. The first kappa shape index (κ1) is 17.2. The number of ether oxygens (including phenoxy) is 1. The van der Waals surface area contributed by atoms with Crippen LogP contribution in [0.25, 0.3) is 10.9 Å². The minimum absolute atomic E-state index is 0.00745. The smallest absolute Gasteiger partial charge is 0.335 e. The number of methoxy groups -OCH3 is 1. The Morgan fingerprint density at radius 1 is 1.15 bits per heavy atom. The molecule has 1 N–H and O–H groups in total. The van der Waals surface area contributed by atoms with E-state index in [-0.39, 0.29) is 28.1 Å². The van der Waals surface area contributed by atoms with Crippen molar-refractivity contribution in [3.8, 4) is 5.75 Å². The molecule has 26 heavy (non-hydrogen) atoms. The van der Waals surface area contributed by atoms with Crippen LogP contribution < -0.4 is 4.74 Å². The number of nitro groups is 1. The van der Waals surface area contributed by atoms with Crippen LogP contribution >= 0.6 is 0 Å². The lowest BCUT2D eigenvalue weighted by atomic mass is 10.00. The number of carboxylic acid groups (broad SMARTS) is 1. The molecule has 132 valence electrons. The van der Waals surface area contributed by atoms with E-state index < -0.39 is 16.7 Å². The van der Waals surface area contributed by atoms with Crippen molar-refractivity contribution in [2.45, 2.75) is 0 Å². The Morgan fingerprint density at radius 2 is 1.88 bits per heavy atom. The second-order valence-electron chi connectivity index (χ2n) is 5.66. The molecule has 2 aromatic carbocycles. The highest BCUT2D eigenvalue weighted by molar-refractivity contribution is 6.18. The third-order valence-corrected chi connectivity index (χ3v) is 4.12. The first-order chi connectivity index (χ1) is 12.3. The zero-order valence-electron chi connectivity index (χ0n) is 13.9. The van der Waals surface area contributed by atoms with Crippen molar-refractivity contribution in [3.05, 3.63) is 69.4 Å². The summed E-state index contributed by atoms with van der Waals surface area (Å²) in [6.07, 6.45) is 1.58. The fourth-order valence-electron chi connectivity index (χ4n) is 2.83. The molecule has 0 fully saturated rings. The number of aromatic nitrogens is 1.